The molecule has 18 heavy (non-hydrogen) atoms. The molecule has 2 aromatic rings. The van der Waals surface area contributed by atoms with Crippen LogP contribution in [0.25, 0.3) is 10.9 Å². The van der Waals surface area contributed by atoms with Crippen molar-refractivity contribution in [3.8, 4) is 0 Å². The van der Waals surface area contributed by atoms with E-state index in [2.05, 4.69) is 11.9 Å². The van der Waals surface area contributed by atoms with Crippen LogP contribution in [0.3, 0.4) is 0 Å². The minimum absolute atomic E-state index is 0.0633. The van der Waals surface area contributed by atoms with E-state index in [1.807, 2.05) is 24.3 Å². The maximum atomic E-state index is 6.23. The van der Waals surface area contributed by atoms with Gasteiger partial charge < -0.3 is 11.5 Å². The van der Waals surface area contributed by atoms with Crippen LogP contribution in [0.2, 0.25) is 5.02 Å². The SMILES string of the molecule is CCC(N)CC(N)c1ccnc2cc(Cl)ccc12. The second-order valence-corrected chi connectivity index (χ2v) is 5.01. The molecule has 0 bridgehead atoms. The second kappa shape index (κ2) is 5.65. The molecule has 0 saturated carbocycles. The Morgan fingerprint density at radius 1 is 1.28 bits per heavy atom. The van der Waals surface area contributed by atoms with Gasteiger partial charge in [0.25, 0.3) is 0 Å². The van der Waals surface area contributed by atoms with E-state index >= 15 is 0 Å². The predicted octanol–water partition coefficient (Wildman–Crippen LogP) is 3.02. The highest BCUT2D eigenvalue weighted by molar-refractivity contribution is 6.31. The third-order valence-corrected chi connectivity index (χ3v) is 3.45. The van der Waals surface area contributed by atoms with Gasteiger partial charge in [0.2, 0.25) is 0 Å². The smallest absolute Gasteiger partial charge is 0.0720 e. The van der Waals surface area contributed by atoms with Crippen LogP contribution in [0, 0.1) is 0 Å². The molecule has 1 aromatic carbocycles. The molecule has 3 nitrogen and oxygen atoms in total. The first-order valence-electron chi connectivity index (χ1n) is 6.17. The van der Waals surface area contributed by atoms with E-state index in [1.54, 1.807) is 6.20 Å². The van der Waals surface area contributed by atoms with Crippen molar-refractivity contribution in [3.05, 3.63) is 41.0 Å². The van der Waals surface area contributed by atoms with Gasteiger partial charge in [-0.05, 0) is 36.6 Å². The number of aromatic nitrogens is 1. The Kier molecular flexibility index (Phi) is 4.17. The van der Waals surface area contributed by atoms with E-state index in [0.717, 1.165) is 29.3 Å². The first-order chi connectivity index (χ1) is 8.61. The molecule has 0 radical (unpaired) electrons. The fourth-order valence-corrected chi connectivity index (χ4v) is 2.25. The molecule has 0 spiro atoms. The van der Waals surface area contributed by atoms with E-state index in [0.29, 0.717) is 5.02 Å². The Morgan fingerprint density at radius 3 is 2.78 bits per heavy atom. The van der Waals surface area contributed by atoms with Gasteiger partial charge in [0.15, 0.2) is 0 Å². The summed E-state index contributed by atoms with van der Waals surface area (Å²) in [6.07, 6.45) is 3.48. The van der Waals surface area contributed by atoms with Crippen molar-refractivity contribution in [3.63, 3.8) is 0 Å². The summed E-state index contributed by atoms with van der Waals surface area (Å²) >= 11 is 5.97. The topological polar surface area (TPSA) is 64.9 Å². The van der Waals surface area contributed by atoms with Crippen LogP contribution in [0.4, 0.5) is 0 Å². The van der Waals surface area contributed by atoms with Gasteiger partial charge in [0.05, 0.1) is 5.52 Å². The molecule has 0 amide bonds. The van der Waals surface area contributed by atoms with Crippen LogP contribution < -0.4 is 11.5 Å². The largest absolute Gasteiger partial charge is 0.328 e. The number of hydrogen-bond acceptors (Lipinski definition) is 3. The Labute approximate surface area is 112 Å². The average Bonchev–Trinajstić information content (AvgIpc) is 2.37. The molecule has 2 atom stereocenters. The maximum Gasteiger partial charge on any atom is 0.0720 e. The van der Waals surface area contributed by atoms with Crippen molar-refractivity contribution in [2.45, 2.75) is 31.8 Å². The summed E-state index contributed by atoms with van der Waals surface area (Å²) in [7, 11) is 0. The van der Waals surface area contributed by atoms with Crippen LogP contribution in [-0.4, -0.2) is 11.0 Å². The highest BCUT2D eigenvalue weighted by Crippen LogP contribution is 2.26. The quantitative estimate of drug-likeness (QED) is 0.891. The standard InChI is InChI=1S/C14H18ClN3/c1-2-10(16)8-13(17)11-5-6-18-14-7-9(15)3-4-12(11)14/h3-7,10,13H,2,8,16-17H2,1H3. The second-order valence-electron chi connectivity index (χ2n) is 4.57. The molecular formula is C14H18ClN3. The van der Waals surface area contributed by atoms with E-state index in [9.17, 15) is 0 Å². The van der Waals surface area contributed by atoms with Crippen molar-refractivity contribution in [2.24, 2.45) is 11.5 Å². The Hall–Kier alpha value is -1.16. The maximum absolute atomic E-state index is 6.23. The summed E-state index contributed by atoms with van der Waals surface area (Å²) in [5.41, 5.74) is 14.2. The van der Waals surface area contributed by atoms with Gasteiger partial charge in [-0.15, -0.1) is 0 Å². The lowest BCUT2D eigenvalue weighted by Gasteiger charge is -2.18. The predicted molar refractivity (Wildman–Crippen MR) is 76.6 cm³/mol. The van der Waals surface area contributed by atoms with E-state index < -0.39 is 0 Å². The molecular weight excluding hydrogens is 246 g/mol. The van der Waals surface area contributed by atoms with Crippen molar-refractivity contribution in [1.29, 1.82) is 0 Å². The summed E-state index contributed by atoms with van der Waals surface area (Å²) in [6.45, 7) is 2.07. The van der Waals surface area contributed by atoms with Crippen molar-refractivity contribution in [1.82, 2.24) is 4.98 Å². The average molecular weight is 264 g/mol. The molecule has 0 aliphatic heterocycles. The van der Waals surface area contributed by atoms with Crippen LogP contribution in [-0.2, 0) is 0 Å². The molecule has 1 heterocycles. The van der Waals surface area contributed by atoms with Gasteiger partial charge in [-0.1, -0.05) is 24.6 Å². The minimum Gasteiger partial charge on any atom is -0.328 e. The monoisotopic (exact) mass is 263 g/mol. The number of hydrogen-bond donors (Lipinski definition) is 2. The third-order valence-electron chi connectivity index (χ3n) is 3.22. The highest BCUT2D eigenvalue weighted by Gasteiger charge is 2.13. The lowest BCUT2D eigenvalue weighted by molar-refractivity contribution is 0.527. The van der Waals surface area contributed by atoms with E-state index in [-0.39, 0.29) is 12.1 Å². The fourth-order valence-electron chi connectivity index (χ4n) is 2.09. The van der Waals surface area contributed by atoms with Crippen LogP contribution in [0.1, 0.15) is 31.4 Å². The number of rotatable bonds is 4. The third kappa shape index (κ3) is 2.80. The normalized spacial score (nSPS) is 14.7. The number of nitrogens with zero attached hydrogens (tertiary/aromatic N) is 1. The number of nitrogens with two attached hydrogens (primary N) is 2. The molecule has 2 unspecified atom stereocenters. The van der Waals surface area contributed by atoms with Crippen molar-refractivity contribution >= 4 is 22.5 Å². The molecule has 96 valence electrons. The van der Waals surface area contributed by atoms with Crippen LogP contribution in [0.5, 0.6) is 0 Å². The van der Waals surface area contributed by atoms with Gasteiger partial charge in [0, 0.05) is 28.7 Å². The number of pyridine rings is 1. The van der Waals surface area contributed by atoms with Crippen LogP contribution >= 0.6 is 11.6 Å². The fraction of sp³-hybridized carbons (Fsp3) is 0.357. The zero-order valence-corrected chi connectivity index (χ0v) is 11.2. The van der Waals surface area contributed by atoms with Gasteiger partial charge in [0.1, 0.15) is 0 Å². The minimum atomic E-state index is -0.0633. The molecule has 0 saturated heterocycles. The van der Waals surface area contributed by atoms with Gasteiger partial charge in [-0.2, -0.15) is 0 Å². The zero-order valence-electron chi connectivity index (χ0n) is 10.4. The number of halogens is 1. The summed E-state index contributed by atoms with van der Waals surface area (Å²) in [4.78, 5) is 4.31. The molecule has 0 aliphatic rings. The first-order valence-corrected chi connectivity index (χ1v) is 6.55. The Bertz CT molecular complexity index is 542. The Morgan fingerprint density at radius 2 is 2.06 bits per heavy atom. The lowest BCUT2D eigenvalue weighted by Crippen LogP contribution is -2.25. The molecule has 1 aromatic heterocycles. The van der Waals surface area contributed by atoms with E-state index in [4.69, 9.17) is 23.1 Å². The summed E-state index contributed by atoms with van der Waals surface area (Å²) in [5, 5.41) is 1.74. The van der Waals surface area contributed by atoms with Crippen molar-refractivity contribution < 1.29 is 0 Å². The van der Waals surface area contributed by atoms with Gasteiger partial charge >= 0.3 is 0 Å². The molecule has 0 aliphatic carbocycles. The Balaban J connectivity index is 2.38. The molecule has 4 heteroatoms. The van der Waals surface area contributed by atoms with Gasteiger partial charge in [-0.25, -0.2) is 0 Å². The highest BCUT2D eigenvalue weighted by atomic mass is 35.5. The summed E-state index contributed by atoms with van der Waals surface area (Å²) in [5.74, 6) is 0. The molecule has 4 N–H and O–H groups in total. The van der Waals surface area contributed by atoms with Crippen molar-refractivity contribution in [2.75, 3.05) is 0 Å². The van der Waals surface area contributed by atoms with Crippen LogP contribution in [0.15, 0.2) is 30.5 Å². The molecule has 0 fully saturated rings. The lowest BCUT2D eigenvalue weighted by atomic mass is 9.96. The number of benzene rings is 1. The molecule has 2 rings (SSSR count). The summed E-state index contributed by atoms with van der Waals surface area (Å²) in [6, 6.07) is 7.72. The zero-order chi connectivity index (χ0) is 13.1. The first kappa shape index (κ1) is 13.3. The van der Waals surface area contributed by atoms with E-state index in [1.165, 1.54) is 0 Å². The summed E-state index contributed by atoms with van der Waals surface area (Å²) < 4.78 is 0. The number of fused-ring (bicyclic) bond motifs is 1. The van der Waals surface area contributed by atoms with Gasteiger partial charge in [-0.3, -0.25) is 4.98 Å².